The minimum absolute atomic E-state index is 0.966. The Kier molecular flexibility index (Phi) is 2.49. The van der Waals surface area contributed by atoms with Crippen molar-refractivity contribution < 1.29 is 4.42 Å². The Balaban J connectivity index is 2.49. The lowest BCUT2D eigenvalue weighted by atomic mass is 10.2. The van der Waals surface area contributed by atoms with Crippen molar-refractivity contribution >= 4 is 0 Å². The van der Waals surface area contributed by atoms with Crippen molar-refractivity contribution in [3.63, 3.8) is 0 Å². The van der Waals surface area contributed by atoms with E-state index in [1.165, 1.54) is 19.2 Å². The molecule has 1 rings (SSSR count). The Labute approximate surface area is 61.3 Å². The van der Waals surface area contributed by atoms with Crippen molar-refractivity contribution in [2.45, 2.75) is 33.1 Å². The molecule has 0 unspecified atom stereocenters. The highest BCUT2D eigenvalue weighted by molar-refractivity contribution is 5.04. The van der Waals surface area contributed by atoms with Gasteiger partial charge in [-0.2, -0.15) is 0 Å². The van der Waals surface area contributed by atoms with Crippen molar-refractivity contribution in [2.24, 2.45) is 0 Å². The molecule has 0 saturated carbocycles. The lowest BCUT2D eigenvalue weighted by molar-refractivity contribution is 0.523. The second kappa shape index (κ2) is 3.40. The predicted octanol–water partition coefficient (Wildman–Crippen LogP) is 2.33. The zero-order chi connectivity index (χ0) is 7.40. The lowest BCUT2D eigenvalue weighted by Crippen LogP contribution is -1.86. The molecule has 56 valence electrons. The fraction of sp³-hybridized carbons (Fsp3) is 0.625. The maximum absolute atomic E-state index is 5.05. The minimum atomic E-state index is 0.966. The van der Waals surface area contributed by atoms with Crippen molar-refractivity contribution in [1.29, 1.82) is 0 Å². The summed E-state index contributed by atoms with van der Waals surface area (Å²) in [6.45, 7) is 4.13. The SMILES string of the molecule is CCCCc1ncoc1C. The molecule has 1 aromatic heterocycles. The van der Waals surface area contributed by atoms with Crippen LogP contribution in [0.5, 0.6) is 0 Å². The number of aromatic nitrogens is 1. The highest BCUT2D eigenvalue weighted by atomic mass is 16.3. The van der Waals surface area contributed by atoms with E-state index in [2.05, 4.69) is 11.9 Å². The molecule has 0 bridgehead atoms. The lowest BCUT2D eigenvalue weighted by Gasteiger charge is -1.92. The topological polar surface area (TPSA) is 26.0 Å². The summed E-state index contributed by atoms with van der Waals surface area (Å²) in [6, 6.07) is 0. The molecule has 0 fully saturated rings. The number of rotatable bonds is 3. The molecule has 0 N–H and O–H groups in total. The highest BCUT2D eigenvalue weighted by Gasteiger charge is 2.00. The van der Waals surface area contributed by atoms with Crippen LogP contribution in [0.25, 0.3) is 0 Å². The second-order valence-electron chi connectivity index (χ2n) is 2.46. The van der Waals surface area contributed by atoms with Gasteiger partial charge in [0.05, 0.1) is 5.69 Å². The minimum Gasteiger partial charge on any atom is -0.449 e. The summed E-state index contributed by atoms with van der Waals surface area (Å²) in [6.07, 6.45) is 4.98. The van der Waals surface area contributed by atoms with Crippen LogP contribution in [0.15, 0.2) is 10.8 Å². The number of nitrogens with zero attached hydrogens (tertiary/aromatic N) is 1. The van der Waals surface area contributed by atoms with Gasteiger partial charge in [-0.05, 0) is 19.8 Å². The fourth-order valence-corrected chi connectivity index (χ4v) is 0.913. The summed E-state index contributed by atoms with van der Waals surface area (Å²) in [5.74, 6) is 0.966. The van der Waals surface area contributed by atoms with Crippen LogP contribution < -0.4 is 0 Å². The van der Waals surface area contributed by atoms with Gasteiger partial charge in [0.2, 0.25) is 0 Å². The number of oxazole rings is 1. The van der Waals surface area contributed by atoms with Gasteiger partial charge >= 0.3 is 0 Å². The first-order valence-corrected chi connectivity index (χ1v) is 3.73. The molecule has 0 aromatic carbocycles. The summed E-state index contributed by atoms with van der Waals surface area (Å²) in [4.78, 5) is 4.09. The summed E-state index contributed by atoms with van der Waals surface area (Å²) < 4.78 is 5.05. The third kappa shape index (κ3) is 1.59. The van der Waals surface area contributed by atoms with E-state index in [9.17, 15) is 0 Å². The zero-order valence-corrected chi connectivity index (χ0v) is 6.55. The van der Waals surface area contributed by atoms with E-state index >= 15 is 0 Å². The van der Waals surface area contributed by atoms with Gasteiger partial charge in [0, 0.05) is 0 Å². The first kappa shape index (κ1) is 7.32. The Hall–Kier alpha value is -0.790. The quantitative estimate of drug-likeness (QED) is 0.642. The Morgan fingerprint density at radius 2 is 2.40 bits per heavy atom. The molecule has 0 aliphatic rings. The summed E-state index contributed by atoms with van der Waals surface area (Å²) >= 11 is 0. The van der Waals surface area contributed by atoms with Crippen LogP contribution in [0.3, 0.4) is 0 Å². The van der Waals surface area contributed by atoms with E-state index in [0.29, 0.717) is 0 Å². The average molecular weight is 139 g/mol. The van der Waals surface area contributed by atoms with Gasteiger partial charge in [0.15, 0.2) is 6.39 Å². The molecule has 0 amide bonds. The molecular formula is C8H13NO. The molecule has 0 radical (unpaired) electrons. The Morgan fingerprint density at radius 3 is 2.90 bits per heavy atom. The van der Waals surface area contributed by atoms with Gasteiger partial charge in [0.25, 0.3) is 0 Å². The molecule has 0 aliphatic carbocycles. The third-order valence-corrected chi connectivity index (χ3v) is 1.61. The molecule has 10 heavy (non-hydrogen) atoms. The smallest absolute Gasteiger partial charge is 0.181 e. The molecule has 1 heterocycles. The van der Waals surface area contributed by atoms with Gasteiger partial charge in [-0.25, -0.2) is 4.98 Å². The zero-order valence-electron chi connectivity index (χ0n) is 6.55. The second-order valence-corrected chi connectivity index (χ2v) is 2.46. The van der Waals surface area contributed by atoms with Crippen molar-refractivity contribution in [1.82, 2.24) is 4.98 Å². The molecule has 0 spiro atoms. The molecule has 2 heteroatoms. The van der Waals surface area contributed by atoms with Crippen LogP contribution in [0.1, 0.15) is 31.2 Å². The number of hydrogen-bond donors (Lipinski definition) is 0. The molecular weight excluding hydrogens is 126 g/mol. The van der Waals surface area contributed by atoms with Crippen LogP contribution in [0.2, 0.25) is 0 Å². The maximum atomic E-state index is 5.05. The van der Waals surface area contributed by atoms with Crippen LogP contribution in [-0.2, 0) is 6.42 Å². The average Bonchev–Trinajstić information content (AvgIpc) is 2.31. The summed E-state index contributed by atoms with van der Waals surface area (Å²) in [5, 5.41) is 0. The Bertz CT molecular complexity index is 193. The summed E-state index contributed by atoms with van der Waals surface area (Å²) in [5.41, 5.74) is 1.11. The number of hydrogen-bond acceptors (Lipinski definition) is 2. The van der Waals surface area contributed by atoms with Gasteiger partial charge in [-0.1, -0.05) is 13.3 Å². The van der Waals surface area contributed by atoms with Crippen LogP contribution in [0.4, 0.5) is 0 Å². The van der Waals surface area contributed by atoms with Gasteiger partial charge in [-0.3, -0.25) is 0 Å². The van der Waals surface area contributed by atoms with E-state index in [4.69, 9.17) is 4.42 Å². The first-order chi connectivity index (χ1) is 4.84. The van der Waals surface area contributed by atoms with E-state index in [0.717, 1.165) is 17.9 Å². The standard InChI is InChI=1S/C8H13NO/c1-3-4-5-8-7(2)10-6-9-8/h6H,3-5H2,1-2H3. The van der Waals surface area contributed by atoms with Crippen LogP contribution >= 0.6 is 0 Å². The molecule has 0 aliphatic heterocycles. The monoisotopic (exact) mass is 139 g/mol. The van der Waals surface area contributed by atoms with Crippen LogP contribution in [-0.4, -0.2) is 4.98 Å². The maximum Gasteiger partial charge on any atom is 0.181 e. The number of unbranched alkanes of at least 4 members (excludes halogenated alkanes) is 1. The van der Waals surface area contributed by atoms with Gasteiger partial charge < -0.3 is 4.42 Å². The largest absolute Gasteiger partial charge is 0.449 e. The van der Waals surface area contributed by atoms with Crippen molar-refractivity contribution in [3.05, 3.63) is 17.8 Å². The number of aryl methyl sites for hydroxylation is 2. The Morgan fingerprint density at radius 1 is 1.60 bits per heavy atom. The van der Waals surface area contributed by atoms with E-state index in [1.54, 1.807) is 0 Å². The van der Waals surface area contributed by atoms with Gasteiger partial charge in [-0.15, -0.1) is 0 Å². The molecule has 0 saturated heterocycles. The van der Waals surface area contributed by atoms with Crippen LogP contribution in [0, 0.1) is 6.92 Å². The highest BCUT2D eigenvalue weighted by Crippen LogP contribution is 2.07. The third-order valence-electron chi connectivity index (χ3n) is 1.61. The predicted molar refractivity (Wildman–Crippen MR) is 39.9 cm³/mol. The van der Waals surface area contributed by atoms with E-state index < -0.39 is 0 Å². The van der Waals surface area contributed by atoms with E-state index in [-0.39, 0.29) is 0 Å². The molecule has 0 atom stereocenters. The molecule has 1 aromatic rings. The van der Waals surface area contributed by atoms with Crippen molar-refractivity contribution in [3.8, 4) is 0 Å². The first-order valence-electron chi connectivity index (χ1n) is 3.73. The summed E-state index contributed by atoms with van der Waals surface area (Å²) in [7, 11) is 0. The molecule has 2 nitrogen and oxygen atoms in total. The van der Waals surface area contributed by atoms with Gasteiger partial charge in [0.1, 0.15) is 5.76 Å². The fourth-order valence-electron chi connectivity index (χ4n) is 0.913. The normalized spacial score (nSPS) is 10.2. The van der Waals surface area contributed by atoms with E-state index in [1.807, 2.05) is 6.92 Å². The van der Waals surface area contributed by atoms with Crippen molar-refractivity contribution in [2.75, 3.05) is 0 Å².